The highest BCUT2D eigenvalue weighted by Crippen LogP contribution is 2.42. The molecule has 2 heterocycles. The maximum Gasteiger partial charge on any atom is 0.143 e. The van der Waals surface area contributed by atoms with Gasteiger partial charge in [0.1, 0.15) is 11.2 Å². The topological polar surface area (TPSA) is 21.3 Å². The zero-order valence-corrected chi connectivity index (χ0v) is 31.1. The lowest BCUT2D eigenvalue weighted by atomic mass is 10.00. The van der Waals surface area contributed by atoms with Gasteiger partial charge in [-0.25, -0.2) is 0 Å². The van der Waals surface area contributed by atoms with E-state index in [0.717, 1.165) is 55.8 Å². The second kappa shape index (κ2) is 13.6. The van der Waals surface area contributed by atoms with Crippen LogP contribution in [-0.2, 0) is 0 Å². The molecule has 0 unspecified atom stereocenters. The van der Waals surface area contributed by atoms with Gasteiger partial charge in [-0.3, -0.25) is 0 Å². The molecule has 0 saturated heterocycles. The first-order valence-electron chi connectivity index (χ1n) is 19.4. The maximum atomic E-state index is 6.69. The third-order valence-corrected chi connectivity index (χ3v) is 11.2. The Morgan fingerprint density at radius 3 is 1.54 bits per heavy atom. The van der Waals surface area contributed by atoms with Crippen LogP contribution in [0.3, 0.4) is 0 Å². The van der Waals surface area contributed by atoms with Gasteiger partial charge in [-0.05, 0) is 101 Å². The summed E-state index contributed by atoms with van der Waals surface area (Å²) in [5.41, 5.74) is 15.4. The Kier molecular flexibility index (Phi) is 7.82. The van der Waals surface area contributed by atoms with Gasteiger partial charge in [0.25, 0.3) is 0 Å². The Labute approximate surface area is 330 Å². The highest BCUT2D eigenvalue weighted by molar-refractivity contribution is 6.13. The van der Waals surface area contributed by atoms with Gasteiger partial charge in [0, 0.05) is 49.9 Å². The quantitative estimate of drug-likeness (QED) is 0.163. The molecule has 0 saturated carbocycles. The van der Waals surface area contributed by atoms with Crippen LogP contribution < -0.4 is 4.90 Å². The second-order valence-corrected chi connectivity index (χ2v) is 14.5. The molecule has 0 spiro atoms. The summed E-state index contributed by atoms with van der Waals surface area (Å²) in [5, 5.41) is 4.66. The van der Waals surface area contributed by atoms with Crippen LogP contribution in [0.2, 0.25) is 0 Å². The fraction of sp³-hybridized carbons (Fsp3) is 0. The Morgan fingerprint density at radius 2 is 0.842 bits per heavy atom. The molecule has 3 heteroatoms. The number of fused-ring (bicyclic) bond motifs is 6. The van der Waals surface area contributed by atoms with Crippen molar-refractivity contribution in [3.05, 3.63) is 218 Å². The number of nitrogens with zero attached hydrogens (tertiary/aromatic N) is 2. The van der Waals surface area contributed by atoms with E-state index < -0.39 is 0 Å². The predicted octanol–water partition coefficient (Wildman–Crippen LogP) is 15.2. The molecule has 0 atom stereocenters. The number of benzene rings is 9. The number of hydrogen-bond donors (Lipinski definition) is 0. The number of anilines is 3. The van der Waals surface area contributed by atoms with Gasteiger partial charge in [-0.2, -0.15) is 0 Å². The van der Waals surface area contributed by atoms with Crippen molar-refractivity contribution in [1.82, 2.24) is 4.57 Å². The standard InChI is InChI=1S/C54H36N2O/c1-4-14-37(15-5-1)39-24-29-43(30-25-39)55(42-18-8-3-9-19-42)44-31-26-40(27-32-44)48-35-45(36-50-47-21-11-13-23-53(47)57-54(48)50)56-51-22-12-10-20-46(51)49-34-41(28-33-52(49)56)38-16-6-2-7-17-38/h1-36H. The van der Waals surface area contributed by atoms with Crippen molar-refractivity contribution >= 4 is 60.8 Å². The summed E-state index contributed by atoms with van der Waals surface area (Å²) in [6, 6.07) is 78.0. The van der Waals surface area contributed by atoms with E-state index in [0.29, 0.717) is 0 Å². The minimum atomic E-state index is 0.881. The van der Waals surface area contributed by atoms with E-state index in [2.05, 4.69) is 222 Å². The molecular formula is C54H36N2O. The van der Waals surface area contributed by atoms with Crippen LogP contribution >= 0.6 is 0 Å². The first kappa shape index (κ1) is 32.8. The molecule has 0 amide bonds. The van der Waals surface area contributed by atoms with Crippen molar-refractivity contribution in [3.63, 3.8) is 0 Å². The van der Waals surface area contributed by atoms with Gasteiger partial charge in [-0.1, -0.05) is 146 Å². The van der Waals surface area contributed by atoms with E-state index in [1.165, 1.54) is 44.1 Å². The average Bonchev–Trinajstić information content (AvgIpc) is 3.83. The second-order valence-electron chi connectivity index (χ2n) is 14.5. The van der Waals surface area contributed by atoms with Crippen LogP contribution in [-0.4, -0.2) is 4.57 Å². The van der Waals surface area contributed by atoms with Gasteiger partial charge in [0.2, 0.25) is 0 Å². The van der Waals surface area contributed by atoms with Crippen molar-refractivity contribution < 1.29 is 4.42 Å². The minimum absolute atomic E-state index is 0.881. The summed E-state index contributed by atoms with van der Waals surface area (Å²) in [6.07, 6.45) is 0. The summed E-state index contributed by atoms with van der Waals surface area (Å²) in [6.45, 7) is 0. The molecule has 0 aliphatic carbocycles. The number of hydrogen-bond acceptors (Lipinski definition) is 2. The van der Waals surface area contributed by atoms with Crippen LogP contribution in [0.25, 0.3) is 82.8 Å². The Hall–Kier alpha value is -7.62. The van der Waals surface area contributed by atoms with Crippen LogP contribution in [0.5, 0.6) is 0 Å². The number of para-hydroxylation sites is 3. The maximum absolute atomic E-state index is 6.69. The van der Waals surface area contributed by atoms with E-state index >= 15 is 0 Å². The largest absolute Gasteiger partial charge is 0.455 e. The summed E-state index contributed by atoms with van der Waals surface area (Å²) < 4.78 is 9.11. The molecule has 0 aliphatic heterocycles. The molecule has 0 N–H and O–H groups in total. The molecule has 11 rings (SSSR count). The number of aromatic nitrogens is 1. The lowest BCUT2D eigenvalue weighted by Crippen LogP contribution is -2.09. The molecule has 0 fully saturated rings. The zero-order chi connectivity index (χ0) is 37.7. The van der Waals surface area contributed by atoms with Gasteiger partial charge in [-0.15, -0.1) is 0 Å². The molecule has 3 nitrogen and oxygen atoms in total. The summed E-state index contributed by atoms with van der Waals surface area (Å²) >= 11 is 0. The third kappa shape index (κ3) is 5.68. The average molecular weight is 729 g/mol. The molecule has 57 heavy (non-hydrogen) atoms. The van der Waals surface area contributed by atoms with E-state index in [9.17, 15) is 0 Å². The minimum Gasteiger partial charge on any atom is -0.455 e. The molecular weight excluding hydrogens is 693 g/mol. The van der Waals surface area contributed by atoms with E-state index in [-0.39, 0.29) is 0 Å². The lowest BCUT2D eigenvalue weighted by molar-refractivity contribution is 0.670. The van der Waals surface area contributed by atoms with Crippen molar-refractivity contribution in [1.29, 1.82) is 0 Å². The highest BCUT2D eigenvalue weighted by atomic mass is 16.3. The van der Waals surface area contributed by atoms with Crippen molar-refractivity contribution in [2.75, 3.05) is 4.90 Å². The van der Waals surface area contributed by atoms with E-state index in [4.69, 9.17) is 4.42 Å². The Balaban J connectivity index is 1.07. The van der Waals surface area contributed by atoms with Gasteiger partial charge in [0.05, 0.1) is 11.0 Å². The first-order valence-corrected chi connectivity index (χ1v) is 19.4. The van der Waals surface area contributed by atoms with Crippen molar-refractivity contribution in [2.45, 2.75) is 0 Å². The molecule has 0 radical (unpaired) electrons. The fourth-order valence-electron chi connectivity index (χ4n) is 8.46. The first-order chi connectivity index (χ1) is 28.3. The predicted molar refractivity (Wildman–Crippen MR) is 239 cm³/mol. The number of rotatable bonds is 7. The van der Waals surface area contributed by atoms with Crippen LogP contribution in [0.4, 0.5) is 17.1 Å². The Bertz CT molecular complexity index is 3200. The summed E-state index contributed by atoms with van der Waals surface area (Å²) in [7, 11) is 0. The third-order valence-electron chi connectivity index (χ3n) is 11.2. The van der Waals surface area contributed by atoms with Crippen molar-refractivity contribution in [2.24, 2.45) is 0 Å². The smallest absolute Gasteiger partial charge is 0.143 e. The van der Waals surface area contributed by atoms with Crippen LogP contribution in [0.15, 0.2) is 223 Å². The van der Waals surface area contributed by atoms with Gasteiger partial charge < -0.3 is 13.9 Å². The number of furan rings is 1. The van der Waals surface area contributed by atoms with E-state index in [1.807, 2.05) is 6.07 Å². The molecule has 0 aliphatic rings. The van der Waals surface area contributed by atoms with Gasteiger partial charge >= 0.3 is 0 Å². The Morgan fingerprint density at radius 1 is 0.333 bits per heavy atom. The van der Waals surface area contributed by atoms with Crippen LogP contribution in [0, 0.1) is 0 Å². The van der Waals surface area contributed by atoms with E-state index in [1.54, 1.807) is 0 Å². The van der Waals surface area contributed by atoms with Crippen molar-refractivity contribution in [3.8, 4) is 39.1 Å². The van der Waals surface area contributed by atoms with Gasteiger partial charge in [0.15, 0.2) is 0 Å². The molecule has 11 aromatic rings. The SMILES string of the molecule is c1ccc(-c2ccc(N(c3ccccc3)c3ccc(-c4cc(-n5c6ccccc6c6cc(-c7ccccc7)ccc65)cc5c4oc4ccccc45)cc3)cc2)cc1. The normalized spacial score (nSPS) is 11.5. The lowest BCUT2D eigenvalue weighted by Gasteiger charge is -2.26. The molecule has 9 aromatic carbocycles. The molecule has 0 bridgehead atoms. The van der Waals surface area contributed by atoms with Crippen LogP contribution in [0.1, 0.15) is 0 Å². The summed E-state index contributed by atoms with van der Waals surface area (Å²) in [4.78, 5) is 2.31. The highest BCUT2D eigenvalue weighted by Gasteiger charge is 2.20. The monoisotopic (exact) mass is 728 g/mol. The fourth-order valence-corrected chi connectivity index (χ4v) is 8.46. The zero-order valence-electron chi connectivity index (χ0n) is 31.1. The molecule has 2 aromatic heterocycles. The molecule has 268 valence electrons. The summed E-state index contributed by atoms with van der Waals surface area (Å²) in [5.74, 6) is 0.